The topological polar surface area (TPSA) is 108 Å². The fourth-order valence-corrected chi connectivity index (χ4v) is 2.03. The SMILES string of the molecule is NCCCCNCCCNC(=O)CCc1ccc(O)c(O)c1. The molecule has 124 valence electrons. The number of nitrogens with two attached hydrogens (primary N) is 1. The van der Waals surface area contributed by atoms with E-state index in [2.05, 4.69) is 10.6 Å². The third kappa shape index (κ3) is 7.85. The summed E-state index contributed by atoms with van der Waals surface area (Å²) in [6.45, 7) is 3.24. The number of hydrogen-bond acceptors (Lipinski definition) is 5. The highest BCUT2D eigenvalue weighted by Gasteiger charge is 2.04. The molecule has 1 aromatic rings. The quantitative estimate of drug-likeness (QED) is 0.308. The van der Waals surface area contributed by atoms with E-state index in [1.165, 1.54) is 12.1 Å². The van der Waals surface area contributed by atoms with Gasteiger partial charge >= 0.3 is 0 Å². The van der Waals surface area contributed by atoms with Crippen molar-refractivity contribution in [2.45, 2.75) is 32.1 Å². The van der Waals surface area contributed by atoms with Crippen LogP contribution in [0.25, 0.3) is 0 Å². The van der Waals surface area contributed by atoms with Crippen molar-refractivity contribution in [3.63, 3.8) is 0 Å². The van der Waals surface area contributed by atoms with E-state index in [1.54, 1.807) is 6.07 Å². The summed E-state index contributed by atoms with van der Waals surface area (Å²) in [5, 5.41) is 24.8. The maximum absolute atomic E-state index is 11.7. The Morgan fingerprint density at radius 1 is 1.05 bits per heavy atom. The number of phenolic OH excluding ortho intramolecular Hbond substituents is 2. The fourth-order valence-electron chi connectivity index (χ4n) is 2.03. The van der Waals surface area contributed by atoms with Crippen LogP contribution < -0.4 is 16.4 Å². The summed E-state index contributed by atoms with van der Waals surface area (Å²) < 4.78 is 0. The molecule has 0 saturated carbocycles. The number of phenols is 2. The van der Waals surface area contributed by atoms with E-state index in [0.717, 1.165) is 44.5 Å². The first-order chi connectivity index (χ1) is 10.6. The van der Waals surface area contributed by atoms with Gasteiger partial charge in [0, 0.05) is 13.0 Å². The van der Waals surface area contributed by atoms with Gasteiger partial charge in [-0.3, -0.25) is 4.79 Å². The van der Waals surface area contributed by atoms with Gasteiger partial charge in [0.15, 0.2) is 11.5 Å². The van der Waals surface area contributed by atoms with Crippen molar-refractivity contribution >= 4 is 5.91 Å². The molecule has 22 heavy (non-hydrogen) atoms. The summed E-state index contributed by atoms with van der Waals surface area (Å²) in [6.07, 6.45) is 3.93. The van der Waals surface area contributed by atoms with Gasteiger partial charge in [-0.25, -0.2) is 0 Å². The minimum Gasteiger partial charge on any atom is -0.504 e. The van der Waals surface area contributed by atoms with Crippen LogP contribution in [0, 0.1) is 0 Å². The van der Waals surface area contributed by atoms with Crippen molar-refractivity contribution < 1.29 is 15.0 Å². The number of unbranched alkanes of at least 4 members (excludes halogenated alkanes) is 1. The number of benzene rings is 1. The Labute approximate surface area is 131 Å². The summed E-state index contributed by atoms with van der Waals surface area (Å²) in [7, 11) is 0. The Balaban J connectivity index is 2.05. The number of nitrogens with one attached hydrogen (secondary N) is 2. The number of hydrogen-bond donors (Lipinski definition) is 5. The summed E-state index contributed by atoms with van der Waals surface area (Å²) in [6, 6.07) is 4.61. The van der Waals surface area contributed by atoms with Crippen LogP contribution >= 0.6 is 0 Å². The molecule has 0 aliphatic heterocycles. The van der Waals surface area contributed by atoms with Gasteiger partial charge in [0.2, 0.25) is 5.91 Å². The molecule has 0 aliphatic carbocycles. The van der Waals surface area contributed by atoms with Gasteiger partial charge in [0.25, 0.3) is 0 Å². The third-order valence-electron chi connectivity index (χ3n) is 3.34. The molecule has 0 unspecified atom stereocenters. The van der Waals surface area contributed by atoms with Crippen LogP contribution in [0.1, 0.15) is 31.2 Å². The molecule has 6 nitrogen and oxygen atoms in total. The number of rotatable bonds is 11. The maximum atomic E-state index is 11.7. The number of carbonyl (C=O) groups is 1. The van der Waals surface area contributed by atoms with Gasteiger partial charge in [-0.05, 0) is 63.0 Å². The second-order valence-corrected chi connectivity index (χ2v) is 5.27. The monoisotopic (exact) mass is 309 g/mol. The molecule has 0 bridgehead atoms. The van der Waals surface area contributed by atoms with E-state index < -0.39 is 0 Å². The zero-order valence-corrected chi connectivity index (χ0v) is 13.0. The molecule has 0 aliphatic rings. The number of aryl methyl sites for hydroxylation is 1. The Kier molecular flexibility index (Phi) is 9.02. The highest BCUT2D eigenvalue weighted by atomic mass is 16.3. The van der Waals surface area contributed by atoms with Gasteiger partial charge in [0.1, 0.15) is 0 Å². The molecule has 0 atom stereocenters. The van der Waals surface area contributed by atoms with Crippen molar-refractivity contribution in [3.8, 4) is 11.5 Å². The molecule has 0 aromatic heterocycles. The molecule has 0 saturated heterocycles. The third-order valence-corrected chi connectivity index (χ3v) is 3.34. The fraction of sp³-hybridized carbons (Fsp3) is 0.562. The molecule has 1 aromatic carbocycles. The second-order valence-electron chi connectivity index (χ2n) is 5.27. The van der Waals surface area contributed by atoms with Crippen LogP contribution in [0.3, 0.4) is 0 Å². The van der Waals surface area contributed by atoms with Gasteiger partial charge < -0.3 is 26.6 Å². The van der Waals surface area contributed by atoms with Gasteiger partial charge in [-0.2, -0.15) is 0 Å². The molecule has 0 radical (unpaired) electrons. The number of carbonyl (C=O) groups excluding carboxylic acids is 1. The average Bonchev–Trinajstić information content (AvgIpc) is 2.51. The lowest BCUT2D eigenvalue weighted by atomic mass is 10.1. The van der Waals surface area contributed by atoms with Crippen molar-refractivity contribution in [2.24, 2.45) is 5.73 Å². The summed E-state index contributed by atoms with van der Waals surface area (Å²) in [4.78, 5) is 11.7. The highest BCUT2D eigenvalue weighted by Crippen LogP contribution is 2.25. The first-order valence-electron chi connectivity index (χ1n) is 7.82. The smallest absolute Gasteiger partial charge is 0.220 e. The lowest BCUT2D eigenvalue weighted by molar-refractivity contribution is -0.121. The first-order valence-corrected chi connectivity index (χ1v) is 7.82. The molecule has 6 heteroatoms. The van der Waals surface area contributed by atoms with Crippen molar-refractivity contribution in [2.75, 3.05) is 26.2 Å². The van der Waals surface area contributed by atoms with Crippen LogP contribution in [0.15, 0.2) is 18.2 Å². The lowest BCUT2D eigenvalue weighted by Crippen LogP contribution is -2.27. The standard InChI is InChI=1S/C16H27N3O3/c17-8-1-2-9-18-10-3-11-19-16(22)7-5-13-4-6-14(20)15(21)12-13/h4,6,12,18,20-21H,1-3,5,7-11,17H2,(H,19,22). The van der Waals surface area contributed by atoms with Crippen molar-refractivity contribution in [1.82, 2.24) is 10.6 Å². The van der Waals surface area contributed by atoms with E-state index in [4.69, 9.17) is 5.73 Å². The minimum absolute atomic E-state index is 0.00398. The zero-order valence-electron chi connectivity index (χ0n) is 13.0. The molecule has 0 spiro atoms. The molecule has 0 fully saturated rings. The van der Waals surface area contributed by atoms with Crippen molar-refractivity contribution in [1.29, 1.82) is 0 Å². The van der Waals surface area contributed by atoms with Crippen LogP contribution in [0.5, 0.6) is 11.5 Å². The van der Waals surface area contributed by atoms with Gasteiger partial charge in [-0.1, -0.05) is 6.07 Å². The number of aromatic hydroxyl groups is 2. The maximum Gasteiger partial charge on any atom is 0.220 e. The first kappa shape index (κ1) is 18.3. The second kappa shape index (κ2) is 10.9. The summed E-state index contributed by atoms with van der Waals surface area (Å²) in [5.41, 5.74) is 6.23. The Morgan fingerprint density at radius 3 is 2.55 bits per heavy atom. The Bertz CT molecular complexity index is 452. The Morgan fingerprint density at radius 2 is 1.82 bits per heavy atom. The lowest BCUT2D eigenvalue weighted by Gasteiger charge is -2.07. The van der Waals surface area contributed by atoms with Crippen LogP contribution in [-0.2, 0) is 11.2 Å². The van der Waals surface area contributed by atoms with Gasteiger partial charge in [0.05, 0.1) is 0 Å². The van der Waals surface area contributed by atoms with E-state index in [-0.39, 0.29) is 17.4 Å². The van der Waals surface area contributed by atoms with Crippen LogP contribution in [0.4, 0.5) is 0 Å². The Hall–Kier alpha value is -1.79. The predicted octanol–water partition coefficient (Wildman–Crippen LogP) is 0.865. The molecule has 1 amide bonds. The van der Waals surface area contributed by atoms with E-state index in [1.807, 2.05) is 0 Å². The van der Waals surface area contributed by atoms with Crippen molar-refractivity contribution in [3.05, 3.63) is 23.8 Å². The summed E-state index contributed by atoms with van der Waals surface area (Å²) >= 11 is 0. The van der Waals surface area contributed by atoms with Crippen LogP contribution in [-0.4, -0.2) is 42.3 Å². The summed E-state index contributed by atoms with van der Waals surface area (Å²) in [5.74, 6) is -0.304. The zero-order chi connectivity index (χ0) is 16.2. The van der Waals surface area contributed by atoms with Gasteiger partial charge in [-0.15, -0.1) is 0 Å². The molecular formula is C16H27N3O3. The molecule has 0 heterocycles. The number of amides is 1. The van der Waals surface area contributed by atoms with Crippen LogP contribution in [0.2, 0.25) is 0 Å². The van der Waals surface area contributed by atoms with E-state index in [0.29, 0.717) is 19.4 Å². The van der Waals surface area contributed by atoms with E-state index in [9.17, 15) is 15.0 Å². The largest absolute Gasteiger partial charge is 0.504 e. The predicted molar refractivity (Wildman–Crippen MR) is 86.9 cm³/mol. The average molecular weight is 309 g/mol. The minimum atomic E-state index is -0.154. The normalized spacial score (nSPS) is 10.6. The molecular weight excluding hydrogens is 282 g/mol. The molecule has 6 N–H and O–H groups in total. The highest BCUT2D eigenvalue weighted by molar-refractivity contribution is 5.76. The molecule has 1 rings (SSSR count). The van der Waals surface area contributed by atoms with E-state index >= 15 is 0 Å².